The number of rotatable bonds is 24. The Morgan fingerprint density at radius 3 is 1.31 bits per heavy atom. The molecule has 6 N–H and O–H groups in total. The molecule has 0 spiro atoms. The van der Waals surface area contributed by atoms with Crippen LogP contribution in [0, 0.1) is 28.6 Å². The average molecular weight is 1240 g/mol. The van der Waals surface area contributed by atoms with Crippen LogP contribution in [0.3, 0.4) is 0 Å². The summed E-state index contributed by atoms with van der Waals surface area (Å²) in [6.07, 6.45) is 8.00. The van der Waals surface area contributed by atoms with Crippen molar-refractivity contribution in [3.8, 4) is 0 Å². The van der Waals surface area contributed by atoms with E-state index < -0.39 is 70.7 Å². The fraction of sp³-hybridized carbons (Fsp3) is 0.603. The Hall–Kier alpha value is -6.01. The van der Waals surface area contributed by atoms with Crippen LogP contribution in [0.2, 0.25) is 0 Å². The summed E-state index contributed by atoms with van der Waals surface area (Å²) in [7, 11) is 3.31. The fourth-order valence-corrected chi connectivity index (χ4v) is 12.9. The molecular weight excluding hydrogens is 1140 g/mol. The predicted molar refractivity (Wildman–Crippen MR) is 344 cm³/mol. The summed E-state index contributed by atoms with van der Waals surface area (Å²) in [5.74, 6) is -4.25. The Kier molecular flexibility index (Phi) is 25.9. The second-order valence-corrected chi connectivity index (χ2v) is 27.1. The number of benzene rings is 3. The van der Waals surface area contributed by atoms with Crippen LogP contribution in [0.4, 0.5) is 0 Å². The molecule has 11 atom stereocenters. The van der Waals surface area contributed by atoms with Crippen LogP contribution in [-0.4, -0.2) is 126 Å². The number of hydrogen-bond donors (Lipinski definition) is 6. The normalized spacial score (nSPS) is 21.7. The molecule has 3 aromatic rings. The minimum absolute atomic E-state index is 0. The molecular formula is C68H98Cl2N8O9. The molecule has 2 fully saturated rings. The molecule has 0 unspecified atom stereocenters. The molecule has 0 aromatic heterocycles. The van der Waals surface area contributed by atoms with E-state index in [9.17, 15) is 43.2 Å². The SMILES string of the molecule is CCCC[C@@H](C)CC(=O)c1cc(C(=O)C[C@H]2C[C@@H](C(=O)N[C@@H]3CCCc4ccccc43)N(C(=O)[C@@H](NC(=O)[C@H](C)NC)C(C)(C)C)C2)cc(C(=O)C[C@H]2C[C@@H](C(=O)N[C@@H]3CCCc4ccccc43)N(C(=O)[C@@H](NC(=O)[C@H](C)NC)C(C)(C)C)C2)c1.Cl.Cl. The summed E-state index contributed by atoms with van der Waals surface area (Å²) in [5.41, 5.74) is 3.37. The first kappa shape index (κ1) is 71.7. The van der Waals surface area contributed by atoms with Crippen molar-refractivity contribution in [3.63, 3.8) is 0 Å². The molecule has 6 amide bonds. The number of likely N-dealkylation sites (tertiary alicyclic amines) is 2. The Morgan fingerprint density at radius 2 is 0.943 bits per heavy atom. The van der Waals surface area contributed by atoms with Crippen LogP contribution in [0.25, 0.3) is 0 Å². The maximum Gasteiger partial charge on any atom is 0.246 e. The summed E-state index contributed by atoms with van der Waals surface area (Å²) < 4.78 is 0. The average Bonchev–Trinajstić information content (AvgIpc) is 2.00. The Morgan fingerprint density at radius 1 is 0.563 bits per heavy atom. The largest absolute Gasteiger partial charge is 0.347 e. The molecule has 0 bridgehead atoms. The van der Waals surface area contributed by atoms with Gasteiger partial charge in [-0.1, -0.05) is 123 Å². The number of carbonyl (C=O) groups is 9. The fourth-order valence-electron chi connectivity index (χ4n) is 12.9. The molecule has 4 aliphatic rings. The van der Waals surface area contributed by atoms with Crippen LogP contribution in [0.5, 0.6) is 0 Å². The third kappa shape index (κ3) is 18.1. The number of hydrogen-bond acceptors (Lipinski definition) is 11. The highest BCUT2D eigenvalue weighted by Gasteiger charge is 2.48. The number of unbranched alkanes of at least 4 members (excludes halogenated alkanes) is 1. The number of ketones is 3. The zero-order valence-corrected chi connectivity index (χ0v) is 55.0. The van der Waals surface area contributed by atoms with E-state index in [0.717, 1.165) is 80.0 Å². The van der Waals surface area contributed by atoms with Crippen LogP contribution >= 0.6 is 24.8 Å². The van der Waals surface area contributed by atoms with Crippen molar-refractivity contribution < 1.29 is 43.2 Å². The lowest BCUT2D eigenvalue weighted by atomic mass is 9.85. The number of likely N-dealkylation sites (N-methyl/N-ethyl adjacent to an activating group) is 2. The van der Waals surface area contributed by atoms with Gasteiger partial charge in [0.2, 0.25) is 35.4 Å². The first-order valence-corrected chi connectivity index (χ1v) is 31.3. The first-order valence-electron chi connectivity index (χ1n) is 31.3. The van der Waals surface area contributed by atoms with E-state index in [1.165, 1.54) is 15.9 Å². The van der Waals surface area contributed by atoms with Gasteiger partial charge in [-0.15, -0.1) is 24.8 Å². The van der Waals surface area contributed by atoms with E-state index in [1.54, 1.807) is 40.1 Å². The number of nitrogens with one attached hydrogen (secondary N) is 6. The highest BCUT2D eigenvalue weighted by Crippen LogP contribution is 2.37. The maximum absolute atomic E-state index is 15.0. The quantitative estimate of drug-likeness (QED) is 0.0463. The van der Waals surface area contributed by atoms with Gasteiger partial charge in [0.15, 0.2) is 17.3 Å². The van der Waals surface area contributed by atoms with Gasteiger partial charge in [-0.25, -0.2) is 0 Å². The molecule has 87 heavy (non-hydrogen) atoms. The zero-order chi connectivity index (χ0) is 62.1. The molecule has 0 saturated carbocycles. The number of halogens is 2. The molecule has 0 radical (unpaired) electrons. The molecule has 2 saturated heterocycles. The molecule has 478 valence electrons. The van der Waals surface area contributed by atoms with Crippen molar-refractivity contribution in [3.05, 3.63) is 106 Å². The molecule has 19 heteroatoms. The van der Waals surface area contributed by atoms with Crippen LogP contribution in [-0.2, 0) is 41.6 Å². The van der Waals surface area contributed by atoms with E-state index in [4.69, 9.17) is 0 Å². The highest BCUT2D eigenvalue weighted by molar-refractivity contribution is 6.06. The molecule has 3 aromatic carbocycles. The number of amides is 6. The molecule has 2 aliphatic heterocycles. The monoisotopic (exact) mass is 1240 g/mol. The smallest absolute Gasteiger partial charge is 0.246 e. The minimum atomic E-state index is -1.01. The summed E-state index contributed by atoms with van der Waals surface area (Å²) in [4.78, 5) is 133. The zero-order valence-electron chi connectivity index (χ0n) is 53.4. The van der Waals surface area contributed by atoms with E-state index in [0.29, 0.717) is 0 Å². The van der Waals surface area contributed by atoms with Crippen molar-refractivity contribution >= 4 is 77.6 Å². The lowest BCUT2D eigenvalue weighted by Gasteiger charge is -2.36. The number of nitrogens with zero attached hydrogens (tertiary/aromatic N) is 2. The van der Waals surface area contributed by atoms with Gasteiger partial charge < -0.3 is 41.7 Å². The van der Waals surface area contributed by atoms with Gasteiger partial charge in [0.05, 0.1) is 24.2 Å². The lowest BCUT2D eigenvalue weighted by molar-refractivity contribution is -0.144. The van der Waals surface area contributed by atoms with Crippen molar-refractivity contribution in [1.29, 1.82) is 0 Å². The second kappa shape index (κ2) is 31.4. The summed E-state index contributed by atoms with van der Waals surface area (Å²) in [5, 5.41) is 18.3. The van der Waals surface area contributed by atoms with Gasteiger partial charge in [0.25, 0.3) is 0 Å². The third-order valence-corrected chi connectivity index (χ3v) is 18.2. The highest BCUT2D eigenvalue weighted by atomic mass is 35.5. The van der Waals surface area contributed by atoms with Crippen molar-refractivity contribution in [2.75, 3.05) is 27.2 Å². The Labute approximate surface area is 528 Å². The van der Waals surface area contributed by atoms with Crippen molar-refractivity contribution in [1.82, 2.24) is 41.7 Å². The van der Waals surface area contributed by atoms with Crippen LogP contribution in [0.1, 0.15) is 212 Å². The van der Waals surface area contributed by atoms with Crippen LogP contribution in [0.15, 0.2) is 66.7 Å². The van der Waals surface area contributed by atoms with Crippen molar-refractivity contribution in [2.45, 2.75) is 207 Å². The number of carbonyl (C=O) groups excluding carboxylic acids is 9. The summed E-state index contributed by atoms with van der Waals surface area (Å²) in [6.45, 7) is 18.7. The molecule has 2 heterocycles. The van der Waals surface area contributed by atoms with Gasteiger partial charge in [0.1, 0.15) is 24.2 Å². The minimum Gasteiger partial charge on any atom is -0.347 e. The van der Waals surface area contributed by atoms with E-state index in [1.807, 2.05) is 84.9 Å². The van der Waals surface area contributed by atoms with Gasteiger partial charge in [-0.05, 0) is 148 Å². The standard InChI is InChI=1S/C68H96N8O9.2ClH/c1-13-14-21-40(2)30-56(77)47-35-48(57(78)33-43-31-54(63(82)71-52-28-19-24-45-22-15-17-26-50(45)52)75(38-43)65(84)59(67(5,6)7)73-61(80)41(3)69-11)37-49(36-47)58(79)34-44-32-55(64(83)72-53-29-20-25-46-23-16-18-27-51(46)53)76(39-44)66(85)60(68(8,9)10)74-62(81)42(4)70-12;;/h15-18,22-23,26-27,35-37,40-44,52-55,59-60,69-70H,13-14,19-21,24-25,28-34,38-39H2,1-12H3,(H,71,82)(H,72,83)(H,73,80)(H,74,81);2*1H/t40-,41+,42+,43-,44-,52-,53-,54+,55+,59-,60-;;/m1../s1. The van der Waals surface area contributed by atoms with Gasteiger partial charge in [0, 0.05) is 49.0 Å². The summed E-state index contributed by atoms with van der Waals surface area (Å²) in [6, 6.07) is 15.0. The first-order chi connectivity index (χ1) is 40.2. The number of Topliss-reactive ketones (excluding diaryl/α,β-unsaturated/α-hetero) is 3. The van der Waals surface area contributed by atoms with E-state index in [2.05, 4.69) is 51.0 Å². The lowest BCUT2D eigenvalue weighted by Crippen LogP contribution is -2.59. The van der Waals surface area contributed by atoms with E-state index >= 15 is 0 Å². The molecule has 7 rings (SSSR count). The maximum atomic E-state index is 15.0. The van der Waals surface area contributed by atoms with Crippen molar-refractivity contribution in [2.24, 2.45) is 28.6 Å². The second-order valence-electron chi connectivity index (χ2n) is 27.1. The van der Waals surface area contributed by atoms with Gasteiger partial charge >= 0.3 is 0 Å². The van der Waals surface area contributed by atoms with Gasteiger partial charge in [-0.3, -0.25) is 43.2 Å². The van der Waals surface area contributed by atoms with E-state index in [-0.39, 0.29) is 146 Å². The predicted octanol–water partition coefficient (Wildman–Crippen LogP) is 9.17. The number of fused-ring (bicyclic) bond motifs is 2. The Balaban J connectivity index is 0.00000690. The van der Waals surface area contributed by atoms with Gasteiger partial charge in [-0.2, -0.15) is 0 Å². The third-order valence-electron chi connectivity index (χ3n) is 18.2. The van der Waals surface area contributed by atoms with Crippen LogP contribution < -0.4 is 31.9 Å². The molecule has 17 nitrogen and oxygen atoms in total. The summed E-state index contributed by atoms with van der Waals surface area (Å²) >= 11 is 0. The Bertz CT molecular complexity index is 2780. The number of aryl methyl sites for hydroxylation is 2. The topological polar surface area (TPSA) is 232 Å². The molecule has 2 aliphatic carbocycles.